The molecule has 0 amide bonds. The highest BCUT2D eigenvalue weighted by Crippen LogP contribution is 2.57. The Hall–Kier alpha value is -0.990. The van der Waals surface area contributed by atoms with E-state index in [2.05, 4.69) is 70.2 Å². The van der Waals surface area contributed by atoms with Gasteiger partial charge in [0.05, 0.1) is 0 Å². The van der Waals surface area contributed by atoms with Crippen LogP contribution in [0.15, 0.2) is 48.1 Å². The maximum Gasteiger partial charge on any atom is 0.137 e. The number of rotatable bonds is 10. The minimum atomic E-state index is -0.740. The topological polar surface area (TPSA) is 20.2 Å². The van der Waals surface area contributed by atoms with Crippen molar-refractivity contribution in [2.75, 3.05) is 0 Å². The minimum Gasteiger partial charge on any atom is -0.375 e. The Morgan fingerprint density at radius 1 is 1.27 bits per heavy atom. The van der Waals surface area contributed by atoms with Gasteiger partial charge < -0.3 is 5.11 Å². The van der Waals surface area contributed by atoms with E-state index >= 15 is 0 Å². The molecule has 1 N–H and O–H groups in total. The number of unbranched alkanes of at least 4 members (excludes halogenated alkanes) is 1. The van der Waals surface area contributed by atoms with Gasteiger partial charge in [-0.2, -0.15) is 0 Å². The molecule has 3 unspecified atom stereocenters. The van der Waals surface area contributed by atoms with Crippen molar-refractivity contribution in [3.8, 4) is 0 Å². The van der Waals surface area contributed by atoms with Crippen LogP contribution >= 0.6 is 11.8 Å². The molecule has 26 heavy (non-hydrogen) atoms. The molecular weight excluding hydrogens is 336 g/mol. The second kappa shape index (κ2) is 10.4. The van der Waals surface area contributed by atoms with Crippen LogP contribution in [0.2, 0.25) is 0 Å². The van der Waals surface area contributed by atoms with E-state index in [-0.39, 0.29) is 0 Å². The van der Waals surface area contributed by atoms with Crippen molar-refractivity contribution in [2.45, 2.75) is 82.8 Å². The molecule has 144 valence electrons. The van der Waals surface area contributed by atoms with Gasteiger partial charge in [-0.15, -0.1) is 11.8 Å². The highest BCUT2D eigenvalue weighted by Gasteiger charge is 2.42. The van der Waals surface area contributed by atoms with Crippen molar-refractivity contribution < 1.29 is 5.11 Å². The van der Waals surface area contributed by atoms with E-state index in [9.17, 15) is 5.11 Å². The maximum absolute atomic E-state index is 11.5. The smallest absolute Gasteiger partial charge is 0.137 e. The predicted molar refractivity (Wildman–Crippen MR) is 116 cm³/mol. The molecule has 0 saturated heterocycles. The summed E-state index contributed by atoms with van der Waals surface area (Å²) in [5.41, 5.74) is 3.97. The van der Waals surface area contributed by atoms with Gasteiger partial charge >= 0.3 is 0 Å². The van der Waals surface area contributed by atoms with Crippen LogP contribution in [0.5, 0.6) is 0 Å². The highest BCUT2D eigenvalue weighted by atomic mass is 32.2. The van der Waals surface area contributed by atoms with Crippen molar-refractivity contribution in [3.05, 3.63) is 59.2 Å². The first-order chi connectivity index (χ1) is 12.6. The molecule has 0 aliphatic carbocycles. The lowest BCUT2D eigenvalue weighted by Crippen LogP contribution is -2.19. The first-order valence-electron chi connectivity index (χ1n) is 10.4. The third kappa shape index (κ3) is 5.27. The molecule has 1 aliphatic rings. The van der Waals surface area contributed by atoms with Gasteiger partial charge in [-0.25, -0.2) is 0 Å². The van der Waals surface area contributed by atoms with Crippen LogP contribution in [0.4, 0.5) is 0 Å². The molecule has 1 nitrogen and oxygen atoms in total. The van der Waals surface area contributed by atoms with E-state index in [0.717, 1.165) is 37.7 Å². The zero-order valence-corrected chi connectivity index (χ0v) is 17.8. The van der Waals surface area contributed by atoms with Gasteiger partial charge in [-0.05, 0) is 49.1 Å². The number of hydrogen-bond acceptors (Lipinski definition) is 2. The quantitative estimate of drug-likeness (QED) is 0.428. The number of aliphatic hydroxyl groups is 1. The third-order valence-corrected chi connectivity index (χ3v) is 7.15. The van der Waals surface area contributed by atoms with Crippen molar-refractivity contribution in [1.82, 2.24) is 0 Å². The summed E-state index contributed by atoms with van der Waals surface area (Å²) in [7, 11) is 0. The highest BCUT2D eigenvalue weighted by molar-refractivity contribution is 8.00. The van der Waals surface area contributed by atoms with Crippen molar-refractivity contribution in [2.24, 2.45) is 5.92 Å². The van der Waals surface area contributed by atoms with Crippen LogP contribution in [0, 0.1) is 5.92 Å². The van der Waals surface area contributed by atoms with E-state index in [1.165, 1.54) is 24.0 Å². The lowest BCUT2D eigenvalue weighted by atomic mass is 9.90. The van der Waals surface area contributed by atoms with E-state index < -0.39 is 4.93 Å². The summed E-state index contributed by atoms with van der Waals surface area (Å²) < 4.78 is 0. The second-order valence-corrected chi connectivity index (χ2v) is 8.99. The third-order valence-electron chi connectivity index (χ3n) is 5.57. The Bertz CT molecular complexity index is 618. The van der Waals surface area contributed by atoms with Crippen LogP contribution in [0.25, 0.3) is 0 Å². The summed E-state index contributed by atoms with van der Waals surface area (Å²) in [5, 5.41) is 11.9. The van der Waals surface area contributed by atoms with Crippen molar-refractivity contribution in [3.63, 3.8) is 0 Å². The molecule has 2 heteroatoms. The van der Waals surface area contributed by atoms with Crippen LogP contribution in [0.3, 0.4) is 0 Å². The monoisotopic (exact) mass is 372 g/mol. The molecular formula is C24H36OS. The van der Waals surface area contributed by atoms with Gasteiger partial charge in [0.1, 0.15) is 4.93 Å². The molecule has 0 aromatic heterocycles. The van der Waals surface area contributed by atoms with Crippen molar-refractivity contribution >= 4 is 11.8 Å². The van der Waals surface area contributed by atoms with Crippen LogP contribution < -0.4 is 0 Å². The van der Waals surface area contributed by atoms with Gasteiger partial charge in [-0.1, -0.05) is 88.6 Å². The maximum atomic E-state index is 11.5. The predicted octanol–water partition coefficient (Wildman–Crippen LogP) is 7.53. The molecule has 0 fully saturated rings. The number of fused-ring (bicyclic) bond motifs is 1. The molecule has 0 saturated carbocycles. The van der Waals surface area contributed by atoms with Crippen LogP contribution in [-0.4, -0.2) is 5.11 Å². The molecule has 0 bridgehead atoms. The molecule has 1 aromatic rings. The second-order valence-electron chi connectivity index (χ2n) is 7.51. The summed E-state index contributed by atoms with van der Waals surface area (Å²) in [4.78, 5) is -0.740. The van der Waals surface area contributed by atoms with Crippen LogP contribution in [0.1, 0.15) is 89.0 Å². The Kier molecular flexibility index (Phi) is 8.50. The normalized spacial score (nSPS) is 24.2. The minimum absolute atomic E-state index is 0.437. The fraction of sp³-hybridized carbons (Fsp3) is 0.583. The van der Waals surface area contributed by atoms with E-state index in [4.69, 9.17) is 0 Å². The fourth-order valence-corrected chi connectivity index (χ4v) is 5.31. The zero-order valence-electron chi connectivity index (χ0n) is 17.0. The van der Waals surface area contributed by atoms with Gasteiger partial charge in [0.25, 0.3) is 0 Å². The number of allylic oxidation sites excluding steroid dienone is 4. The first-order valence-corrected chi connectivity index (χ1v) is 11.3. The molecule has 0 spiro atoms. The average molecular weight is 373 g/mol. The van der Waals surface area contributed by atoms with E-state index in [0.29, 0.717) is 11.2 Å². The summed E-state index contributed by atoms with van der Waals surface area (Å²) in [5.74, 6) is 0.567. The van der Waals surface area contributed by atoms with E-state index in [1.54, 1.807) is 11.8 Å². The first kappa shape index (κ1) is 21.3. The largest absolute Gasteiger partial charge is 0.375 e. The van der Waals surface area contributed by atoms with Gasteiger partial charge in [-0.3, -0.25) is 0 Å². The lowest BCUT2D eigenvalue weighted by molar-refractivity contribution is 0.129. The van der Waals surface area contributed by atoms with E-state index in [1.807, 2.05) is 0 Å². The van der Waals surface area contributed by atoms with Crippen molar-refractivity contribution in [1.29, 1.82) is 0 Å². The van der Waals surface area contributed by atoms with Gasteiger partial charge in [0.15, 0.2) is 0 Å². The summed E-state index contributed by atoms with van der Waals surface area (Å²) >= 11 is 1.78. The molecule has 1 aromatic carbocycles. The molecule has 1 heterocycles. The zero-order chi connectivity index (χ0) is 19.0. The number of benzene rings is 1. The molecule has 2 rings (SSSR count). The molecule has 3 atom stereocenters. The Balaban J connectivity index is 2.16. The summed E-state index contributed by atoms with van der Waals surface area (Å²) in [6, 6.07) is 8.54. The molecule has 0 radical (unpaired) electrons. The van der Waals surface area contributed by atoms with Gasteiger partial charge in [0, 0.05) is 5.25 Å². The number of thioether (sulfide) groups is 1. The molecule has 1 aliphatic heterocycles. The Labute approximate surface area is 165 Å². The standard InChI is InChI=1S/C24H36OS/c1-5-8-10-13-20(19(4)7-3)17-18-24(25)22-15-12-11-14-21(22)23(26-24)16-9-6-2/h8,10-15,19,23,25H,5-7,9,16-18H2,1-4H3. The summed E-state index contributed by atoms with van der Waals surface area (Å²) in [6.07, 6.45) is 14.2. The fourth-order valence-electron chi connectivity index (χ4n) is 3.69. The number of hydrogen-bond donors (Lipinski definition) is 1. The Morgan fingerprint density at radius 3 is 2.73 bits per heavy atom. The summed E-state index contributed by atoms with van der Waals surface area (Å²) in [6.45, 7) is 8.95. The Morgan fingerprint density at radius 2 is 2.04 bits per heavy atom. The average Bonchev–Trinajstić information content (AvgIpc) is 2.95. The van der Waals surface area contributed by atoms with Crippen LogP contribution in [-0.2, 0) is 4.93 Å². The lowest BCUT2D eigenvalue weighted by Gasteiger charge is -2.25. The SMILES string of the molecule is CCC=CC=C(CCC1(O)SC(CCCC)c2ccccc21)C(C)CC. The van der Waals surface area contributed by atoms with Gasteiger partial charge in [0.2, 0.25) is 0 Å².